The number of ketones is 1. The van der Waals surface area contributed by atoms with Crippen LogP contribution in [0.25, 0.3) is 0 Å². The van der Waals surface area contributed by atoms with Crippen LogP contribution >= 0.6 is 0 Å². The molecule has 2 bridgehead atoms. The molecule has 2 aliphatic heterocycles. The van der Waals surface area contributed by atoms with E-state index >= 15 is 9.59 Å². The molecule has 3 aromatic rings. The maximum absolute atomic E-state index is 15.7. The highest BCUT2D eigenvalue weighted by molar-refractivity contribution is 5.96. The molecule has 0 aromatic heterocycles. The summed E-state index contributed by atoms with van der Waals surface area (Å²) in [5, 5.41) is 29.0. The SMILES string of the molecule is CC(=O)O[C@H]1C(=O)[C@@]2(C)[C@H]([C@H](OC(=O)c3ccccc3)[C@]3(O)C[C@H](OC(=O)[C@H](OC(=O)OCC4COC(C)O4)[C@@H](NC(=O)c4ccccc4)c4ccccc4)C(C)=C1C3(C)C)[C@]1(OC(C)=O)CO[C@@H]1C[C@@H]2O. The van der Waals surface area contributed by atoms with Crippen LogP contribution in [-0.2, 0) is 61.8 Å². The number of ether oxygens (including phenoxy) is 9. The van der Waals surface area contributed by atoms with Crippen molar-refractivity contribution in [3.8, 4) is 0 Å². The first-order valence-electron chi connectivity index (χ1n) is 23.7. The highest BCUT2D eigenvalue weighted by atomic mass is 16.8. The summed E-state index contributed by atoms with van der Waals surface area (Å²) >= 11 is 0. The zero-order chi connectivity index (χ0) is 51.9. The largest absolute Gasteiger partial charge is 0.509 e. The van der Waals surface area contributed by atoms with Crippen LogP contribution in [0.2, 0.25) is 0 Å². The van der Waals surface area contributed by atoms with Crippen molar-refractivity contribution in [1.29, 1.82) is 0 Å². The Balaban J connectivity index is 1.28. The number of Topliss-reactive ketones (excluding diaryl/α,β-unsaturated/α-hetero) is 1. The molecule has 13 atom stereocenters. The molecule has 2 saturated carbocycles. The van der Waals surface area contributed by atoms with Gasteiger partial charge in [0.1, 0.15) is 42.7 Å². The fraction of sp³-hybridized carbons (Fsp3) is 0.491. The molecule has 19 nitrogen and oxygen atoms in total. The molecule has 5 aliphatic rings. The van der Waals surface area contributed by atoms with Gasteiger partial charge in [-0.05, 0) is 61.7 Å². The number of nitrogens with one attached hydrogen (secondary N) is 1. The summed E-state index contributed by atoms with van der Waals surface area (Å²) in [6, 6.07) is 22.5. The molecule has 19 heteroatoms. The standard InChI is InChI=1S/C53H59NO18/c1-28-36(69-48(61)42(70-49(62)65-26-35-25-64-31(4)68-35)40(32-17-11-8-12-18-32)54-46(59)33-19-13-9-14-20-33)24-53(63)45(71-47(60)34-21-15-10-16-22-34)43-51(7,37(57)23-38-52(43,27-66-38)72-30(3)56)44(58)41(67-29(2)55)39(28)50(53,5)6/h8-22,31,35-38,40-43,45,57,63H,23-27H2,1-7H3,(H,54,59)/t31?,35?,36-,37-,38+,40-,41+,42+,43-,45-,51+,52-,53+/m0/s1. The number of hydrogen-bond acceptors (Lipinski definition) is 18. The Hall–Kier alpha value is -6.51. The molecule has 2 saturated heterocycles. The zero-order valence-electron chi connectivity index (χ0n) is 40.9. The van der Waals surface area contributed by atoms with Crippen molar-refractivity contribution in [3.63, 3.8) is 0 Å². The number of carbonyl (C=O) groups is 7. The quantitative estimate of drug-likeness (QED) is 0.120. The maximum atomic E-state index is 15.7. The summed E-state index contributed by atoms with van der Waals surface area (Å²) in [4.78, 5) is 99.4. The average Bonchev–Trinajstić information content (AvgIpc) is 3.77. The van der Waals surface area contributed by atoms with E-state index in [1.54, 1.807) is 87.5 Å². The first kappa shape index (κ1) is 51.8. The summed E-state index contributed by atoms with van der Waals surface area (Å²) in [6.45, 7) is 9.25. The topological polar surface area (TPSA) is 255 Å². The van der Waals surface area contributed by atoms with Crippen LogP contribution in [0.4, 0.5) is 4.79 Å². The lowest BCUT2D eigenvalue weighted by atomic mass is 9.44. The Bertz CT molecular complexity index is 2610. The number of carbonyl (C=O) groups excluding carboxylic acids is 7. The highest BCUT2D eigenvalue weighted by Crippen LogP contribution is 2.64. The minimum atomic E-state index is -2.48. The molecule has 3 aromatic carbocycles. The van der Waals surface area contributed by atoms with Gasteiger partial charge in [-0.3, -0.25) is 19.2 Å². The number of benzene rings is 3. The summed E-state index contributed by atoms with van der Waals surface area (Å²) in [7, 11) is 0. The predicted octanol–water partition coefficient (Wildman–Crippen LogP) is 4.66. The van der Waals surface area contributed by atoms with Gasteiger partial charge >= 0.3 is 30.0 Å². The van der Waals surface area contributed by atoms with Gasteiger partial charge < -0.3 is 58.2 Å². The Kier molecular flexibility index (Phi) is 14.5. The molecule has 3 N–H and O–H groups in total. The molecule has 4 fully saturated rings. The van der Waals surface area contributed by atoms with Gasteiger partial charge in [0.25, 0.3) is 5.91 Å². The van der Waals surface area contributed by atoms with Crippen LogP contribution in [0.1, 0.15) is 93.6 Å². The molecular weight excluding hydrogens is 939 g/mol. The lowest BCUT2D eigenvalue weighted by molar-refractivity contribution is -0.346. The normalized spacial score (nSPS) is 32.1. The van der Waals surface area contributed by atoms with E-state index < -0.39 is 131 Å². The van der Waals surface area contributed by atoms with Crippen molar-refractivity contribution in [2.45, 2.75) is 128 Å². The summed E-state index contributed by atoms with van der Waals surface area (Å²) in [6.07, 6.45) is -13.6. The van der Waals surface area contributed by atoms with Gasteiger partial charge in [-0.2, -0.15) is 0 Å². The van der Waals surface area contributed by atoms with E-state index in [0.29, 0.717) is 0 Å². The van der Waals surface area contributed by atoms with Crippen LogP contribution in [0.3, 0.4) is 0 Å². The third-order valence-electron chi connectivity index (χ3n) is 15.0. The molecule has 0 spiro atoms. The number of aliphatic hydroxyl groups is 2. The second-order valence-corrected chi connectivity index (χ2v) is 19.7. The number of aliphatic hydroxyl groups excluding tert-OH is 1. The van der Waals surface area contributed by atoms with Gasteiger partial charge in [0, 0.05) is 37.7 Å². The van der Waals surface area contributed by atoms with Crippen molar-refractivity contribution >= 4 is 41.7 Å². The molecule has 1 amide bonds. The van der Waals surface area contributed by atoms with E-state index in [-0.39, 0.29) is 54.1 Å². The monoisotopic (exact) mass is 997 g/mol. The number of rotatable bonds is 13. The first-order valence-corrected chi connectivity index (χ1v) is 23.7. The summed E-state index contributed by atoms with van der Waals surface area (Å²) in [5.74, 6) is -7.16. The summed E-state index contributed by atoms with van der Waals surface area (Å²) in [5.41, 5.74) is -7.59. The molecule has 8 rings (SSSR count). The molecule has 384 valence electrons. The van der Waals surface area contributed by atoms with Crippen molar-refractivity contribution in [2.24, 2.45) is 16.7 Å². The number of esters is 4. The van der Waals surface area contributed by atoms with Gasteiger partial charge in [-0.1, -0.05) is 80.6 Å². The molecule has 3 aliphatic carbocycles. The average molecular weight is 998 g/mol. The molecular formula is C53H59NO18. The minimum absolute atomic E-state index is 0.0368. The fourth-order valence-electron chi connectivity index (χ4n) is 11.3. The second-order valence-electron chi connectivity index (χ2n) is 19.7. The van der Waals surface area contributed by atoms with Gasteiger partial charge in [0.05, 0.1) is 36.2 Å². The van der Waals surface area contributed by atoms with Gasteiger partial charge in [-0.15, -0.1) is 0 Å². The van der Waals surface area contributed by atoms with E-state index in [4.69, 9.17) is 42.6 Å². The number of amides is 1. The van der Waals surface area contributed by atoms with E-state index in [2.05, 4.69) is 5.32 Å². The molecule has 2 unspecified atom stereocenters. The second kappa shape index (κ2) is 20.2. The number of hydrogen-bond donors (Lipinski definition) is 3. The zero-order valence-corrected chi connectivity index (χ0v) is 40.9. The lowest BCUT2D eigenvalue weighted by Crippen LogP contribution is -2.82. The Labute approximate surface area is 415 Å². The summed E-state index contributed by atoms with van der Waals surface area (Å²) < 4.78 is 53.0. The van der Waals surface area contributed by atoms with E-state index in [9.17, 15) is 34.2 Å². The van der Waals surface area contributed by atoms with Crippen LogP contribution < -0.4 is 5.32 Å². The van der Waals surface area contributed by atoms with Crippen molar-refractivity contribution in [2.75, 3.05) is 19.8 Å². The van der Waals surface area contributed by atoms with E-state index in [1.165, 1.54) is 38.1 Å². The van der Waals surface area contributed by atoms with E-state index in [1.807, 2.05) is 0 Å². The van der Waals surface area contributed by atoms with Gasteiger partial charge in [-0.25, -0.2) is 14.4 Å². The highest BCUT2D eigenvalue weighted by Gasteiger charge is 2.78. The van der Waals surface area contributed by atoms with Crippen LogP contribution in [0.5, 0.6) is 0 Å². The van der Waals surface area contributed by atoms with Crippen molar-refractivity contribution in [3.05, 3.63) is 119 Å². The maximum Gasteiger partial charge on any atom is 0.509 e. The molecule has 0 radical (unpaired) electrons. The lowest BCUT2D eigenvalue weighted by Gasteiger charge is -2.67. The predicted molar refractivity (Wildman–Crippen MR) is 248 cm³/mol. The molecule has 72 heavy (non-hydrogen) atoms. The first-order chi connectivity index (χ1) is 34.1. The fourth-order valence-corrected chi connectivity index (χ4v) is 11.3. The number of fused-ring (bicyclic) bond motifs is 5. The Morgan fingerprint density at radius 1 is 0.833 bits per heavy atom. The van der Waals surface area contributed by atoms with Crippen LogP contribution in [0.15, 0.2) is 102 Å². The van der Waals surface area contributed by atoms with Crippen LogP contribution in [-0.4, -0.2) is 132 Å². The smallest absolute Gasteiger partial charge is 0.455 e. The third-order valence-corrected chi connectivity index (χ3v) is 15.0. The van der Waals surface area contributed by atoms with Crippen molar-refractivity contribution < 1.29 is 86.4 Å². The minimum Gasteiger partial charge on any atom is -0.455 e. The van der Waals surface area contributed by atoms with Crippen LogP contribution in [0, 0.1) is 16.7 Å². The van der Waals surface area contributed by atoms with Gasteiger partial charge in [0.2, 0.25) is 6.10 Å². The van der Waals surface area contributed by atoms with E-state index in [0.717, 1.165) is 13.8 Å². The Morgan fingerprint density at radius 2 is 1.46 bits per heavy atom. The molecule has 2 heterocycles. The van der Waals surface area contributed by atoms with Crippen molar-refractivity contribution in [1.82, 2.24) is 5.32 Å². The third kappa shape index (κ3) is 9.39. The van der Waals surface area contributed by atoms with Gasteiger partial charge in [0.15, 0.2) is 23.8 Å². The Morgan fingerprint density at radius 3 is 2.03 bits per heavy atom.